The number of nitrogens with zero attached hydrogens (tertiary/aromatic N) is 3. The molecule has 0 spiro atoms. The molecule has 14 nitrogen and oxygen atoms in total. The summed E-state index contributed by atoms with van der Waals surface area (Å²) < 4.78 is 5.28. The van der Waals surface area contributed by atoms with E-state index in [2.05, 4.69) is 26.6 Å². The molecule has 5 N–H and O–H groups in total. The van der Waals surface area contributed by atoms with Crippen molar-refractivity contribution in [1.29, 1.82) is 5.26 Å². The summed E-state index contributed by atoms with van der Waals surface area (Å²) >= 11 is 0. The molecule has 0 radical (unpaired) electrons. The normalized spacial score (nSPS) is 11.6. The zero-order valence-electron chi connectivity index (χ0n) is 30.3. The Hall–Kier alpha value is -6.10. The summed E-state index contributed by atoms with van der Waals surface area (Å²) in [7, 11) is 4.42. The monoisotopic (exact) mass is 712 g/mol. The smallest absolute Gasteiger partial charge is 0.322 e. The van der Waals surface area contributed by atoms with E-state index in [-0.39, 0.29) is 49.9 Å². The standard InChI is InChI=1S/C38H48N8O6/c1-26(2)23-31(35(48)41-4)43-36(49)32(24-27-13-8-6-9-14-27)44-38(51)46(29-15-10-7-11-16-29)22-21-45(20-12-19-39)37(50)42-28-17-18-33(52-5)30(25-28)34(47)40-3/h6-11,13-18,25-26,31-32H,12,20-24H2,1-5H3,(H,40,47)(H,41,48)(H,42,50)(H,43,49)(H,44,51)/t31-,32+/m0/s1. The third kappa shape index (κ3) is 12.0. The Balaban J connectivity index is 1.88. The van der Waals surface area contributed by atoms with Crippen molar-refractivity contribution in [3.63, 3.8) is 0 Å². The fraction of sp³-hybridized carbons (Fsp3) is 0.368. The van der Waals surface area contributed by atoms with E-state index in [0.717, 1.165) is 5.56 Å². The van der Waals surface area contributed by atoms with Crippen molar-refractivity contribution in [2.24, 2.45) is 5.92 Å². The number of urea groups is 2. The van der Waals surface area contributed by atoms with Crippen LogP contribution in [0.15, 0.2) is 78.9 Å². The maximum atomic E-state index is 14.1. The van der Waals surface area contributed by atoms with E-state index in [4.69, 9.17) is 4.74 Å². The lowest BCUT2D eigenvalue weighted by Gasteiger charge is -2.30. The zero-order chi connectivity index (χ0) is 38.0. The van der Waals surface area contributed by atoms with Crippen molar-refractivity contribution in [1.82, 2.24) is 26.2 Å². The molecule has 14 heteroatoms. The lowest BCUT2D eigenvalue weighted by molar-refractivity contribution is -0.130. The molecule has 0 saturated carbocycles. The van der Waals surface area contributed by atoms with Gasteiger partial charge in [0.15, 0.2) is 0 Å². The van der Waals surface area contributed by atoms with Crippen LogP contribution >= 0.6 is 0 Å². The Labute approximate surface area is 304 Å². The first-order valence-electron chi connectivity index (χ1n) is 17.0. The van der Waals surface area contributed by atoms with E-state index in [0.29, 0.717) is 23.5 Å². The van der Waals surface area contributed by atoms with Crippen LogP contribution < -0.4 is 36.2 Å². The van der Waals surface area contributed by atoms with Gasteiger partial charge in [-0.15, -0.1) is 0 Å². The summed E-state index contributed by atoms with van der Waals surface area (Å²) in [6.45, 7) is 3.96. The average molecular weight is 713 g/mol. The minimum absolute atomic E-state index is 0.00527. The molecule has 0 unspecified atom stereocenters. The number of anilines is 2. The zero-order valence-corrected chi connectivity index (χ0v) is 30.3. The first kappa shape index (κ1) is 40.3. The highest BCUT2D eigenvalue weighted by Crippen LogP contribution is 2.23. The van der Waals surface area contributed by atoms with Crippen LogP contribution in [0.25, 0.3) is 0 Å². The summed E-state index contributed by atoms with van der Waals surface area (Å²) in [5.74, 6) is -0.825. The van der Waals surface area contributed by atoms with E-state index in [1.54, 1.807) is 42.5 Å². The number of methoxy groups -OCH3 is 1. The minimum atomic E-state index is -1.05. The van der Waals surface area contributed by atoms with Gasteiger partial charge in [-0.25, -0.2) is 9.59 Å². The van der Waals surface area contributed by atoms with Crippen LogP contribution in [-0.2, 0) is 16.0 Å². The number of carbonyl (C=O) groups is 5. The van der Waals surface area contributed by atoms with E-state index < -0.39 is 36.0 Å². The maximum Gasteiger partial charge on any atom is 0.322 e. The Morgan fingerprint density at radius 2 is 1.46 bits per heavy atom. The molecule has 7 amide bonds. The first-order valence-corrected chi connectivity index (χ1v) is 17.0. The lowest BCUT2D eigenvalue weighted by atomic mass is 10.0. The number of para-hydroxylation sites is 1. The second-order valence-corrected chi connectivity index (χ2v) is 12.3. The quantitative estimate of drug-likeness (QED) is 0.141. The number of hydrogen-bond donors (Lipinski definition) is 5. The molecule has 3 aromatic rings. The molecule has 3 aromatic carbocycles. The fourth-order valence-corrected chi connectivity index (χ4v) is 5.41. The molecule has 0 aliphatic carbocycles. The molecule has 52 heavy (non-hydrogen) atoms. The SMILES string of the molecule is CNC(=O)c1cc(NC(=O)N(CCC#N)CCN(C(=O)N[C@H](Cc2ccccc2)C(=O)N[C@@H](CC(C)C)C(=O)NC)c2ccccc2)ccc1OC. The number of ether oxygens (including phenoxy) is 1. The van der Waals surface area contributed by atoms with Gasteiger partial charge in [0.1, 0.15) is 17.8 Å². The average Bonchev–Trinajstić information content (AvgIpc) is 3.15. The predicted octanol–water partition coefficient (Wildman–Crippen LogP) is 3.91. The number of carbonyl (C=O) groups excluding carboxylic acids is 5. The lowest BCUT2D eigenvalue weighted by Crippen LogP contribution is -2.57. The first-order chi connectivity index (χ1) is 25.0. The minimum Gasteiger partial charge on any atom is -0.496 e. The summed E-state index contributed by atoms with van der Waals surface area (Å²) in [6, 6.07) is 21.7. The highest BCUT2D eigenvalue weighted by atomic mass is 16.5. The van der Waals surface area contributed by atoms with Crippen LogP contribution in [-0.4, -0.2) is 87.6 Å². The number of nitrogens with one attached hydrogen (secondary N) is 5. The highest BCUT2D eigenvalue weighted by Gasteiger charge is 2.29. The van der Waals surface area contributed by atoms with Crippen molar-refractivity contribution in [3.05, 3.63) is 90.0 Å². The molecule has 0 fully saturated rings. The van der Waals surface area contributed by atoms with Gasteiger partial charge in [-0.3, -0.25) is 19.3 Å². The second-order valence-electron chi connectivity index (χ2n) is 12.3. The molecular weight excluding hydrogens is 664 g/mol. The Kier molecular flexibility index (Phi) is 15.9. The summed E-state index contributed by atoms with van der Waals surface area (Å²) in [5.41, 5.74) is 1.85. The van der Waals surface area contributed by atoms with E-state index in [1.165, 1.54) is 37.1 Å². The van der Waals surface area contributed by atoms with Gasteiger partial charge in [-0.1, -0.05) is 62.4 Å². The van der Waals surface area contributed by atoms with Gasteiger partial charge in [-0.2, -0.15) is 5.26 Å². The van der Waals surface area contributed by atoms with Crippen molar-refractivity contribution in [2.45, 2.75) is 45.2 Å². The Morgan fingerprint density at radius 1 is 0.788 bits per heavy atom. The van der Waals surface area contributed by atoms with E-state index in [9.17, 15) is 29.2 Å². The van der Waals surface area contributed by atoms with E-state index in [1.807, 2.05) is 50.2 Å². The van der Waals surface area contributed by atoms with Gasteiger partial charge in [0, 0.05) is 51.5 Å². The molecule has 3 rings (SSSR count). The van der Waals surface area contributed by atoms with Crippen molar-refractivity contribution in [3.8, 4) is 11.8 Å². The topological polar surface area (TPSA) is 185 Å². The van der Waals surface area contributed by atoms with Gasteiger partial charge in [0.05, 0.1) is 25.2 Å². The van der Waals surface area contributed by atoms with Gasteiger partial charge >= 0.3 is 12.1 Å². The third-order valence-electron chi connectivity index (χ3n) is 8.09. The predicted molar refractivity (Wildman–Crippen MR) is 199 cm³/mol. The summed E-state index contributed by atoms with van der Waals surface area (Å²) in [4.78, 5) is 69.3. The highest BCUT2D eigenvalue weighted by molar-refractivity contribution is 5.99. The van der Waals surface area contributed by atoms with Gasteiger partial charge in [0.25, 0.3) is 5.91 Å². The number of amides is 7. The molecule has 0 bridgehead atoms. The maximum absolute atomic E-state index is 14.1. The molecule has 0 aromatic heterocycles. The second kappa shape index (κ2) is 20.5. The van der Waals surface area contributed by atoms with Crippen molar-refractivity contribution in [2.75, 3.05) is 51.1 Å². The number of benzene rings is 3. The Bertz CT molecular complexity index is 1700. The van der Waals surface area contributed by atoms with E-state index >= 15 is 0 Å². The van der Waals surface area contributed by atoms with Crippen molar-refractivity contribution < 1.29 is 28.7 Å². The van der Waals surface area contributed by atoms with Gasteiger partial charge in [0.2, 0.25) is 11.8 Å². The molecule has 2 atom stereocenters. The van der Waals surface area contributed by atoms with Crippen LogP contribution in [0.1, 0.15) is 42.6 Å². The molecule has 0 heterocycles. The van der Waals surface area contributed by atoms with Crippen LogP contribution in [0.2, 0.25) is 0 Å². The molecular formula is C38H48N8O6. The number of likely N-dealkylation sites (N-methyl/N-ethyl adjacent to an activating group) is 1. The van der Waals surface area contributed by atoms with Crippen molar-refractivity contribution >= 4 is 41.2 Å². The van der Waals surface area contributed by atoms with Gasteiger partial charge in [-0.05, 0) is 48.2 Å². The largest absolute Gasteiger partial charge is 0.496 e. The number of hydrogen-bond acceptors (Lipinski definition) is 7. The fourth-order valence-electron chi connectivity index (χ4n) is 5.41. The number of nitriles is 1. The molecule has 0 saturated heterocycles. The number of rotatable bonds is 17. The third-order valence-corrected chi connectivity index (χ3v) is 8.09. The molecule has 276 valence electrons. The Morgan fingerprint density at radius 3 is 2.06 bits per heavy atom. The summed E-state index contributed by atoms with van der Waals surface area (Å²) in [5, 5.41) is 22.9. The van der Waals surface area contributed by atoms with Crippen LogP contribution in [0.3, 0.4) is 0 Å². The van der Waals surface area contributed by atoms with Crippen LogP contribution in [0.4, 0.5) is 21.0 Å². The van der Waals surface area contributed by atoms with Gasteiger partial charge < -0.3 is 36.2 Å². The molecule has 0 aliphatic rings. The van der Waals surface area contributed by atoms with Crippen LogP contribution in [0.5, 0.6) is 5.75 Å². The van der Waals surface area contributed by atoms with Crippen LogP contribution in [0, 0.1) is 17.2 Å². The molecule has 0 aliphatic heterocycles. The summed E-state index contributed by atoms with van der Waals surface area (Å²) in [6.07, 6.45) is 0.580.